The van der Waals surface area contributed by atoms with Gasteiger partial charge in [-0.3, -0.25) is 5.32 Å². The average molecular weight is 194 g/mol. The lowest BCUT2D eigenvalue weighted by molar-refractivity contribution is 0.163. The molecule has 0 atom stereocenters. The number of hydrogen-bond acceptors (Lipinski definition) is 3. The molecule has 4 heteroatoms. The molecule has 1 amide bonds. The van der Waals surface area contributed by atoms with Crippen molar-refractivity contribution >= 4 is 11.8 Å². The molecule has 76 valence electrons. The van der Waals surface area contributed by atoms with Gasteiger partial charge in [-0.1, -0.05) is 18.2 Å². The third-order valence-electron chi connectivity index (χ3n) is 1.61. The second-order valence-electron chi connectivity index (χ2n) is 2.73. The number of carbonyl (C=O) groups is 1. The zero-order chi connectivity index (χ0) is 10.2. The van der Waals surface area contributed by atoms with Crippen LogP contribution in [0.4, 0.5) is 10.5 Å². The molecule has 1 rings (SSSR count). The van der Waals surface area contributed by atoms with Crippen molar-refractivity contribution in [2.45, 2.75) is 0 Å². The molecule has 0 unspecified atom stereocenters. The topological polar surface area (TPSA) is 50.4 Å². The van der Waals surface area contributed by atoms with Crippen molar-refractivity contribution in [3.63, 3.8) is 0 Å². The fourth-order valence-corrected chi connectivity index (χ4v) is 0.921. The van der Waals surface area contributed by atoms with Crippen LogP contribution >= 0.6 is 0 Å². The van der Waals surface area contributed by atoms with E-state index in [1.807, 2.05) is 18.2 Å². The number of anilines is 1. The summed E-state index contributed by atoms with van der Waals surface area (Å²) in [6.07, 6.45) is -0.425. The number of para-hydroxylation sites is 1. The molecular formula is C10H14N2O2. The zero-order valence-electron chi connectivity index (χ0n) is 8.12. The molecule has 0 fully saturated rings. The first-order chi connectivity index (χ1) is 6.83. The normalized spacial score (nSPS) is 9.50. The van der Waals surface area contributed by atoms with Crippen molar-refractivity contribution in [2.24, 2.45) is 0 Å². The molecule has 0 aliphatic rings. The lowest BCUT2D eigenvalue weighted by Gasteiger charge is -2.05. The molecule has 0 aliphatic carbocycles. The van der Waals surface area contributed by atoms with Crippen LogP contribution in [0.3, 0.4) is 0 Å². The molecule has 0 radical (unpaired) electrons. The molecule has 0 aliphatic heterocycles. The number of ether oxygens (including phenoxy) is 1. The van der Waals surface area contributed by atoms with Crippen LogP contribution in [0.5, 0.6) is 0 Å². The van der Waals surface area contributed by atoms with Crippen LogP contribution in [0.1, 0.15) is 0 Å². The number of amides is 1. The summed E-state index contributed by atoms with van der Waals surface area (Å²) in [7, 11) is 1.80. The SMILES string of the molecule is CNCCOC(=O)Nc1ccccc1. The van der Waals surface area contributed by atoms with Crippen molar-refractivity contribution < 1.29 is 9.53 Å². The Labute approximate surface area is 83.3 Å². The van der Waals surface area contributed by atoms with Crippen LogP contribution in [0.2, 0.25) is 0 Å². The van der Waals surface area contributed by atoms with E-state index >= 15 is 0 Å². The fraction of sp³-hybridized carbons (Fsp3) is 0.300. The molecule has 1 aromatic rings. The summed E-state index contributed by atoms with van der Waals surface area (Å²) in [5.74, 6) is 0. The van der Waals surface area contributed by atoms with Gasteiger partial charge in [-0.2, -0.15) is 0 Å². The van der Waals surface area contributed by atoms with E-state index in [1.54, 1.807) is 19.2 Å². The molecule has 1 aromatic carbocycles. The van der Waals surface area contributed by atoms with Gasteiger partial charge >= 0.3 is 6.09 Å². The van der Waals surface area contributed by atoms with E-state index in [-0.39, 0.29) is 0 Å². The minimum Gasteiger partial charge on any atom is -0.448 e. The first-order valence-corrected chi connectivity index (χ1v) is 4.46. The fourth-order valence-electron chi connectivity index (χ4n) is 0.921. The van der Waals surface area contributed by atoms with Crippen molar-refractivity contribution in [1.29, 1.82) is 0 Å². The quantitative estimate of drug-likeness (QED) is 0.713. The maximum absolute atomic E-state index is 11.1. The van der Waals surface area contributed by atoms with Gasteiger partial charge in [-0.25, -0.2) is 4.79 Å². The van der Waals surface area contributed by atoms with Gasteiger partial charge in [0.25, 0.3) is 0 Å². The van der Waals surface area contributed by atoms with Crippen LogP contribution in [0.25, 0.3) is 0 Å². The van der Waals surface area contributed by atoms with Crippen LogP contribution in [0.15, 0.2) is 30.3 Å². The van der Waals surface area contributed by atoms with Gasteiger partial charge in [0.1, 0.15) is 6.61 Å². The van der Waals surface area contributed by atoms with Crippen molar-refractivity contribution in [3.05, 3.63) is 30.3 Å². The summed E-state index contributed by atoms with van der Waals surface area (Å²) in [4.78, 5) is 11.1. The second-order valence-corrected chi connectivity index (χ2v) is 2.73. The largest absolute Gasteiger partial charge is 0.448 e. The minimum atomic E-state index is -0.425. The summed E-state index contributed by atoms with van der Waals surface area (Å²) >= 11 is 0. The van der Waals surface area contributed by atoms with Gasteiger partial charge in [-0.15, -0.1) is 0 Å². The molecule has 0 bridgehead atoms. The number of likely N-dealkylation sites (N-methyl/N-ethyl adjacent to an activating group) is 1. The lowest BCUT2D eigenvalue weighted by Crippen LogP contribution is -2.20. The van der Waals surface area contributed by atoms with Gasteiger partial charge in [-0.05, 0) is 19.2 Å². The number of hydrogen-bond donors (Lipinski definition) is 2. The van der Waals surface area contributed by atoms with E-state index in [1.165, 1.54) is 0 Å². The first kappa shape index (κ1) is 10.5. The highest BCUT2D eigenvalue weighted by atomic mass is 16.5. The molecule has 0 aromatic heterocycles. The predicted octanol–water partition coefficient (Wildman–Crippen LogP) is 1.45. The zero-order valence-corrected chi connectivity index (χ0v) is 8.12. The van der Waals surface area contributed by atoms with E-state index in [4.69, 9.17) is 4.74 Å². The molecular weight excluding hydrogens is 180 g/mol. The Morgan fingerprint density at radius 1 is 1.36 bits per heavy atom. The van der Waals surface area contributed by atoms with E-state index < -0.39 is 6.09 Å². The Kier molecular flexibility index (Phi) is 4.50. The molecule has 14 heavy (non-hydrogen) atoms. The summed E-state index contributed by atoms with van der Waals surface area (Å²) in [5, 5.41) is 5.49. The predicted molar refractivity (Wildman–Crippen MR) is 55.3 cm³/mol. The number of rotatable bonds is 4. The summed E-state index contributed by atoms with van der Waals surface area (Å²) in [5.41, 5.74) is 0.738. The molecule has 0 spiro atoms. The Balaban J connectivity index is 2.27. The van der Waals surface area contributed by atoms with Crippen LogP contribution in [-0.4, -0.2) is 26.3 Å². The van der Waals surface area contributed by atoms with Gasteiger partial charge < -0.3 is 10.1 Å². The Bertz CT molecular complexity index is 275. The molecule has 0 saturated carbocycles. The van der Waals surface area contributed by atoms with E-state index in [0.29, 0.717) is 13.2 Å². The van der Waals surface area contributed by atoms with Gasteiger partial charge in [0.15, 0.2) is 0 Å². The van der Waals surface area contributed by atoms with E-state index in [9.17, 15) is 4.79 Å². The molecule has 4 nitrogen and oxygen atoms in total. The molecule has 2 N–H and O–H groups in total. The van der Waals surface area contributed by atoms with Gasteiger partial charge in [0.05, 0.1) is 0 Å². The smallest absolute Gasteiger partial charge is 0.411 e. The summed E-state index contributed by atoms with van der Waals surface area (Å²) in [6, 6.07) is 9.20. The number of benzene rings is 1. The Hall–Kier alpha value is -1.55. The van der Waals surface area contributed by atoms with Crippen LogP contribution in [0, 0.1) is 0 Å². The highest BCUT2D eigenvalue weighted by Gasteiger charge is 2.00. The van der Waals surface area contributed by atoms with Gasteiger partial charge in [0.2, 0.25) is 0 Å². The number of nitrogens with one attached hydrogen (secondary N) is 2. The van der Waals surface area contributed by atoms with Crippen LogP contribution < -0.4 is 10.6 Å². The molecule has 0 heterocycles. The summed E-state index contributed by atoms with van der Waals surface area (Å²) in [6.45, 7) is 1.03. The van der Waals surface area contributed by atoms with Crippen molar-refractivity contribution in [1.82, 2.24) is 5.32 Å². The standard InChI is InChI=1S/C10H14N2O2/c1-11-7-8-14-10(13)12-9-5-3-2-4-6-9/h2-6,11H,7-8H2,1H3,(H,12,13). The lowest BCUT2D eigenvalue weighted by atomic mass is 10.3. The average Bonchev–Trinajstić information content (AvgIpc) is 2.20. The third-order valence-corrected chi connectivity index (χ3v) is 1.61. The number of carbonyl (C=O) groups excluding carboxylic acids is 1. The highest BCUT2D eigenvalue weighted by molar-refractivity contribution is 5.84. The third kappa shape index (κ3) is 3.91. The maximum Gasteiger partial charge on any atom is 0.411 e. The van der Waals surface area contributed by atoms with Gasteiger partial charge in [0, 0.05) is 12.2 Å². The minimum absolute atomic E-state index is 0.370. The Morgan fingerprint density at radius 2 is 2.07 bits per heavy atom. The van der Waals surface area contributed by atoms with Crippen molar-refractivity contribution in [2.75, 3.05) is 25.5 Å². The summed E-state index contributed by atoms with van der Waals surface area (Å²) < 4.78 is 4.87. The molecule has 0 saturated heterocycles. The van der Waals surface area contributed by atoms with E-state index in [0.717, 1.165) is 5.69 Å². The second kappa shape index (κ2) is 5.99. The monoisotopic (exact) mass is 194 g/mol. The van der Waals surface area contributed by atoms with E-state index in [2.05, 4.69) is 10.6 Å². The van der Waals surface area contributed by atoms with Crippen LogP contribution in [-0.2, 0) is 4.74 Å². The van der Waals surface area contributed by atoms with Crippen molar-refractivity contribution in [3.8, 4) is 0 Å². The maximum atomic E-state index is 11.1. The highest BCUT2D eigenvalue weighted by Crippen LogP contribution is 2.04. The Morgan fingerprint density at radius 3 is 2.71 bits per heavy atom. The first-order valence-electron chi connectivity index (χ1n) is 4.46.